The van der Waals surface area contributed by atoms with Crippen LogP contribution in [-0.4, -0.2) is 49.4 Å². The summed E-state index contributed by atoms with van der Waals surface area (Å²) in [5.74, 6) is 1.47. The van der Waals surface area contributed by atoms with Gasteiger partial charge in [0.1, 0.15) is 5.75 Å². The Morgan fingerprint density at radius 3 is 2.83 bits per heavy atom. The number of carbonyl (C=O) groups is 1. The third kappa shape index (κ3) is 5.13. The average Bonchev–Trinajstić information content (AvgIpc) is 2.61. The number of nitrogens with zero attached hydrogens (tertiary/aromatic N) is 1. The number of hydrogen-bond donors (Lipinski definition) is 2. The molecule has 0 aliphatic carbocycles. The molecule has 1 aliphatic heterocycles. The fourth-order valence-corrected chi connectivity index (χ4v) is 3.01. The summed E-state index contributed by atoms with van der Waals surface area (Å²) in [5, 5.41) is 12.2. The van der Waals surface area contributed by atoms with Gasteiger partial charge in [-0.25, -0.2) is 4.79 Å². The van der Waals surface area contributed by atoms with E-state index < -0.39 is 0 Å². The molecule has 0 unspecified atom stereocenters. The molecule has 1 saturated heterocycles. The molecule has 1 aromatic carbocycles. The molecule has 2 atom stereocenters. The quantitative estimate of drug-likeness (QED) is 0.847. The van der Waals surface area contributed by atoms with Crippen molar-refractivity contribution in [1.82, 2.24) is 10.2 Å². The first-order chi connectivity index (χ1) is 11.1. The van der Waals surface area contributed by atoms with E-state index in [-0.39, 0.29) is 18.6 Å². The number of aliphatic hydroxyl groups excluding tert-OH is 1. The van der Waals surface area contributed by atoms with Crippen LogP contribution in [0.2, 0.25) is 0 Å². The number of aliphatic hydroxyl groups is 1. The molecule has 0 saturated carbocycles. The first kappa shape index (κ1) is 17.6. The van der Waals surface area contributed by atoms with Crippen molar-refractivity contribution in [3.63, 3.8) is 0 Å². The monoisotopic (exact) mass is 320 g/mol. The first-order valence-electron chi connectivity index (χ1n) is 8.41. The minimum absolute atomic E-state index is 0.00918. The van der Waals surface area contributed by atoms with E-state index in [1.165, 1.54) is 5.56 Å². The number of nitrogens with one attached hydrogen (secondary N) is 1. The van der Waals surface area contributed by atoms with Crippen molar-refractivity contribution in [3.05, 3.63) is 29.8 Å². The molecule has 2 amide bonds. The van der Waals surface area contributed by atoms with Crippen LogP contribution in [0.15, 0.2) is 24.3 Å². The van der Waals surface area contributed by atoms with Crippen molar-refractivity contribution in [1.29, 1.82) is 0 Å². The molecule has 0 radical (unpaired) electrons. The van der Waals surface area contributed by atoms with E-state index in [0.717, 1.165) is 31.6 Å². The predicted molar refractivity (Wildman–Crippen MR) is 90.8 cm³/mol. The number of piperidine rings is 1. The molecule has 128 valence electrons. The lowest BCUT2D eigenvalue weighted by Crippen LogP contribution is -2.46. The van der Waals surface area contributed by atoms with Gasteiger partial charge in [0.2, 0.25) is 0 Å². The van der Waals surface area contributed by atoms with E-state index in [2.05, 4.69) is 24.4 Å². The first-order valence-corrected chi connectivity index (χ1v) is 8.41. The second kappa shape index (κ2) is 8.77. The minimum Gasteiger partial charge on any atom is -0.497 e. The van der Waals surface area contributed by atoms with E-state index in [1.54, 1.807) is 7.11 Å². The highest BCUT2D eigenvalue weighted by Crippen LogP contribution is 2.21. The molecule has 1 aliphatic rings. The molecular weight excluding hydrogens is 292 g/mol. The largest absolute Gasteiger partial charge is 0.497 e. The highest BCUT2D eigenvalue weighted by Gasteiger charge is 2.22. The lowest BCUT2D eigenvalue weighted by atomic mass is 9.98. The number of likely N-dealkylation sites (tertiary alicyclic amines) is 1. The number of methoxy groups -OCH3 is 1. The molecule has 1 heterocycles. The summed E-state index contributed by atoms with van der Waals surface area (Å²) >= 11 is 0. The maximum absolute atomic E-state index is 12.2. The Morgan fingerprint density at radius 1 is 1.43 bits per heavy atom. The van der Waals surface area contributed by atoms with Crippen LogP contribution >= 0.6 is 0 Å². The van der Waals surface area contributed by atoms with Crippen molar-refractivity contribution in [2.24, 2.45) is 5.92 Å². The number of carbonyl (C=O) groups excluding carboxylic acids is 1. The van der Waals surface area contributed by atoms with Gasteiger partial charge in [0.15, 0.2) is 0 Å². The van der Waals surface area contributed by atoms with Crippen LogP contribution in [0.1, 0.15) is 37.7 Å². The molecule has 2 N–H and O–H groups in total. The zero-order chi connectivity index (χ0) is 16.7. The minimum atomic E-state index is -0.00918. The van der Waals surface area contributed by atoms with Crippen LogP contribution in [-0.2, 0) is 0 Å². The summed E-state index contributed by atoms with van der Waals surface area (Å²) in [6.07, 6.45) is 2.88. The number of urea groups is 1. The normalized spacial score (nSPS) is 19.3. The van der Waals surface area contributed by atoms with Gasteiger partial charge in [0, 0.05) is 26.2 Å². The van der Waals surface area contributed by atoms with Crippen molar-refractivity contribution in [2.75, 3.05) is 33.4 Å². The Hall–Kier alpha value is -1.75. The van der Waals surface area contributed by atoms with E-state index in [9.17, 15) is 9.90 Å². The van der Waals surface area contributed by atoms with Crippen LogP contribution in [0.5, 0.6) is 5.75 Å². The average molecular weight is 320 g/mol. The van der Waals surface area contributed by atoms with Crippen LogP contribution < -0.4 is 10.1 Å². The number of rotatable bonds is 6. The molecule has 5 heteroatoms. The highest BCUT2D eigenvalue weighted by atomic mass is 16.5. The molecule has 5 nitrogen and oxygen atoms in total. The molecule has 0 spiro atoms. The third-order valence-corrected chi connectivity index (χ3v) is 4.60. The lowest BCUT2D eigenvalue weighted by molar-refractivity contribution is 0.129. The SMILES string of the molecule is COc1ccc([C@H](C)CCNC(=O)N2CCC[C@H](CO)C2)cc1. The summed E-state index contributed by atoms with van der Waals surface area (Å²) < 4.78 is 5.17. The Kier molecular flexibility index (Phi) is 6.71. The second-order valence-electron chi connectivity index (χ2n) is 6.33. The van der Waals surface area contributed by atoms with E-state index in [4.69, 9.17) is 4.74 Å². The van der Waals surface area contributed by atoms with Crippen LogP contribution in [0.3, 0.4) is 0 Å². The van der Waals surface area contributed by atoms with E-state index in [1.807, 2.05) is 17.0 Å². The van der Waals surface area contributed by atoms with Gasteiger partial charge < -0.3 is 20.1 Å². The zero-order valence-corrected chi connectivity index (χ0v) is 14.1. The smallest absolute Gasteiger partial charge is 0.317 e. The van der Waals surface area contributed by atoms with E-state index in [0.29, 0.717) is 19.0 Å². The molecule has 23 heavy (non-hydrogen) atoms. The number of hydrogen-bond acceptors (Lipinski definition) is 3. The molecule has 2 rings (SSSR count). The standard InChI is InChI=1S/C18H28N2O3/c1-14(16-5-7-17(23-2)8-6-16)9-10-19-18(22)20-11-3-4-15(12-20)13-21/h5-8,14-15,21H,3-4,9-13H2,1-2H3,(H,19,22)/t14-,15+/m1/s1. The van der Waals surface area contributed by atoms with Gasteiger partial charge in [0.25, 0.3) is 0 Å². The fourth-order valence-electron chi connectivity index (χ4n) is 3.01. The Balaban J connectivity index is 1.73. The fraction of sp³-hybridized carbons (Fsp3) is 0.611. The van der Waals surface area contributed by atoms with Crippen LogP contribution in [0.4, 0.5) is 4.79 Å². The number of amides is 2. The van der Waals surface area contributed by atoms with E-state index >= 15 is 0 Å². The molecule has 0 bridgehead atoms. The van der Waals surface area contributed by atoms with Crippen molar-refractivity contribution in [3.8, 4) is 5.75 Å². The second-order valence-corrected chi connectivity index (χ2v) is 6.33. The van der Waals surface area contributed by atoms with Gasteiger partial charge in [-0.3, -0.25) is 0 Å². The predicted octanol–water partition coefficient (Wildman–Crippen LogP) is 2.60. The van der Waals surface area contributed by atoms with Gasteiger partial charge in [-0.2, -0.15) is 0 Å². The lowest BCUT2D eigenvalue weighted by Gasteiger charge is -2.32. The summed E-state index contributed by atoms with van der Waals surface area (Å²) in [4.78, 5) is 14.0. The number of benzene rings is 1. The van der Waals surface area contributed by atoms with Gasteiger partial charge in [-0.15, -0.1) is 0 Å². The molecule has 0 aromatic heterocycles. The maximum Gasteiger partial charge on any atom is 0.317 e. The summed E-state index contributed by atoms with van der Waals surface area (Å²) in [7, 11) is 1.66. The van der Waals surface area contributed by atoms with Crippen molar-refractivity contribution >= 4 is 6.03 Å². The molecule has 1 aromatic rings. The van der Waals surface area contributed by atoms with Crippen molar-refractivity contribution in [2.45, 2.75) is 32.1 Å². The van der Waals surface area contributed by atoms with Gasteiger partial charge in [0.05, 0.1) is 7.11 Å². The molecule has 1 fully saturated rings. The zero-order valence-electron chi connectivity index (χ0n) is 14.1. The third-order valence-electron chi connectivity index (χ3n) is 4.60. The summed E-state index contributed by atoms with van der Waals surface area (Å²) in [5.41, 5.74) is 1.25. The van der Waals surface area contributed by atoms with Gasteiger partial charge in [-0.05, 0) is 48.8 Å². The number of ether oxygens (including phenoxy) is 1. The van der Waals surface area contributed by atoms with Gasteiger partial charge in [-0.1, -0.05) is 19.1 Å². The van der Waals surface area contributed by atoms with Gasteiger partial charge >= 0.3 is 6.03 Å². The summed E-state index contributed by atoms with van der Waals surface area (Å²) in [6, 6.07) is 8.06. The summed E-state index contributed by atoms with van der Waals surface area (Å²) in [6.45, 7) is 4.44. The Morgan fingerprint density at radius 2 is 2.17 bits per heavy atom. The Labute approximate surface area is 138 Å². The maximum atomic E-state index is 12.2. The van der Waals surface area contributed by atoms with Crippen LogP contribution in [0, 0.1) is 5.92 Å². The van der Waals surface area contributed by atoms with Crippen LogP contribution in [0.25, 0.3) is 0 Å². The molecular formula is C18H28N2O3. The topological polar surface area (TPSA) is 61.8 Å². The Bertz CT molecular complexity index is 490. The van der Waals surface area contributed by atoms with Crippen molar-refractivity contribution < 1.29 is 14.6 Å². The highest BCUT2D eigenvalue weighted by molar-refractivity contribution is 5.74.